The number of nitrogens with one attached hydrogen (secondary N) is 2. The minimum absolute atomic E-state index is 0.146. The summed E-state index contributed by atoms with van der Waals surface area (Å²) in [5.74, 6) is 0.518. The Bertz CT molecular complexity index is 755. The second-order valence-corrected chi connectivity index (χ2v) is 5.11. The third kappa shape index (κ3) is 3.03. The molecule has 3 aromatic rings. The predicted octanol–water partition coefficient (Wildman–Crippen LogP) is 2.45. The van der Waals surface area contributed by atoms with Crippen molar-refractivity contribution in [3.05, 3.63) is 51.4 Å². The second-order valence-electron chi connectivity index (χ2n) is 4.22. The van der Waals surface area contributed by atoms with Crippen molar-refractivity contribution >= 4 is 22.0 Å². The molecule has 2 N–H and O–H groups in total. The molecule has 9 heteroatoms. The van der Waals surface area contributed by atoms with Gasteiger partial charge < -0.3 is 5.32 Å². The van der Waals surface area contributed by atoms with E-state index in [-0.39, 0.29) is 9.92 Å². The zero-order valence-corrected chi connectivity index (χ0v) is 11.5. The maximum atomic E-state index is 10.6. The maximum Gasteiger partial charge on any atom is 0.324 e. The zero-order chi connectivity index (χ0) is 14.7. The van der Waals surface area contributed by atoms with Crippen LogP contribution in [0.5, 0.6) is 0 Å². The first-order chi connectivity index (χ1) is 10.2. The summed E-state index contributed by atoms with van der Waals surface area (Å²) in [6, 6.07) is 9.13. The van der Waals surface area contributed by atoms with Crippen LogP contribution in [-0.4, -0.2) is 25.5 Å². The lowest BCUT2D eigenvalue weighted by atomic mass is 10.2. The molecule has 21 heavy (non-hydrogen) atoms. The number of H-pyrrole nitrogens is 1. The fourth-order valence-electron chi connectivity index (χ4n) is 1.81. The van der Waals surface area contributed by atoms with Crippen LogP contribution in [0.2, 0.25) is 0 Å². The standard InChI is InChI=1S/C12H10N6O2S/c19-18(20)11-4-8(7-21-11)6-13-10-3-1-2-9(5-10)12-14-16-17-15-12/h1-5,7,13H,6H2,(H,14,15,16,17). The van der Waals surface area contributed by atoms with Crippen molar-refractivity contribution in [1.82, 2.24) is 20.6 Å². The van der Waals surface area contributed by atoms with Gasteiger partial charge in [-0.05, 0) is 22.9 Å². The number of aromatic amines is 1. The molecule has 2 aromatic heterocycles. The van der Waals surface area contributed by atoms with Crippen LogP contribution >= 0.6 is 11.3 Å². The summed E-state index contributed by atoms with van der Waals surface area (Å²) in [5, 5.41) is 29.5. The number of rotatable bonds is 5. The van der Waals surface area contributed by atoms with E-state index in [1.54, 1.807) is 11.4 Å². The highest BCUT2D eigenvalue weighted by molar-refractivity contribution is 7.13. The molecule has 0 spiro atoms. The molecule has 3 rings (SSSR count). The Kier molecular flexibility index (Phi) is 3.56. The molecule has 0 radical (unpaired) electrons. The van der Waals surface area contributed by atoms with Gasteiger partial charge >= 0.3 is 5.00 Å². The smallest absolute Gasteiger partial charge is 0.324 e. The van der Waals surface area contributed by atoms with Gasteiger partial charge in [0, 0.05) is 29.2 Å². The Morgan fingerprint density at radius 2 is 2.29 bits per heavy atom. The van der Waals surface area contributed by atoms with Crippen molar-refractivity contribution < 1.29 is 4.92 Å². The maximum absolute atomic E-state index is 10.6. The summed E-state index contributed by atoms with van der Waals surface area (Å²) >= 11 is 1.12. The number of hydrogen-bond acceptors (Lipinski definition) is 7. The van der Waals surface area contributed by atoms with Crippen molar-refractivity contribution in [1.29, 1.82) is 0 Å². The molecule has 2 heterocycles. The molecule has 8 nitrogen and oxygen atoms in total. The van der Waals surface area contributed by atoms with Crippen molar-refractivity contribution in [2.45, 2.75) is 6.54 Å². The normalized spacial score (nSPS) is 10.5. The van der Waals surface area contributed by atoms with Gasteiger partial charge in [0.2, 0.25) is 5.82 Å². The topological polar surface area (TPSA) is 110 Å². The van der Waals surface area contributed by atoms with Gasteiger partial charge in [-0.1, -0.05) is 23.5 Å². The summed E-state index contributed by atoms with van der Waals surface area (Å²) in [6.45, 7) is 0.514. The highest BCUT2D eigenvalue weighted by atomic mass is 32.1. The van der Waals surface area contributed by atoms with E-state index in [2.05, 4.69) is 25.9 Å². The summed E-state index contributed by atoms with van der Waals surface area (Å²) in [4.78, 5) is 10.3. The molecule has 0 atom stereocenters. The molecule has 0 saturated carbocycles. The summed E-state index contributed by atoms with van der Waals surface area (Å²) in [6.07, 6.45) is 0. The van der Waals surface area contributed by atoms with Crippen LogP contribution < -0.4 is 5.32 Å². The molecule has 0 fully saturated rings. The van der Waals surface area contributed by atoms with Crippen molar-refractivity contribution in [3.8, 4) is 11.4 Å². The average Bonchev–Trinajstić information content (AvgIpc) is 3.17. The number of nitro groups is 1. The average molecular weight is 302 g/mol. The van der Waals surface area contributed by atoms with Crippen LogP contribution in [0.25, 0.3) is 11.4 Å². The van der Waals surface area contributed by atoms with Crippen molar-refractivity contribution in [2.75, 3.05) is 5.32 Å². The quantitative estimate of drug-likeness (QED) is 0.553. The van der Waals surface area contributed by atoms with Crippen LogP contribution in [-0.2, 0) is 6.54 Å². The van der Waals surface area contributed by atoms with Gasteiger partial charge in [0.1, 0.15) is 0 Å². The Morgan fingerprint density at radius 3 is 3.00 bits per heavy atom. The van der Waals surface area contributed by atoms with E-state index in [4.69, 9.17) is 0 Å². The van der Waals surface area contributed by atoms with E-state index >= 15 is 0 Å². The number of thiophene rings is 1. The Balaban J connectivity index is 1.70. The van der Waals surface area contributed by atoms with Gasteiger partial charge in [0.15, 0.2) is 0 Å². The molecule has 0 amide bonds. The second kappa shape index (κ2) is 5.67. The molecule has 0 aliphatic rings. The summed E-state index contributed by atoms with van der Waals surface area (Å²) in [5.41, 5.74) is 2.59. The molecular weight excluding hydrogens is 292 g/mol. The third-order valence-corrected chi connectivity index (χ3v) is 3.71. The molecule has 0 unspecified atom stereocenters. The third-order valence-electron chi connectivity index (χ3n) is 2.78. The molecule has 0 aliphatic carbocycles. The van der Waals surface area contributed by atoms with Crippen molar-refractivity contribution in [2.24, 2.45) is 0 Å². The number of aromatic nitrogens is 4. The fraction of sp³-hybridized carbons (Fsp3) is 0.0833. The molecular formula is C12H10N6O2S. The van der Waals surface area contributed by atoms with Gasteiger partial charge in [0.05, 0.1) is 4.92 Å². The van der Waals surface area contributed by atoms with E-state index < -0.39 is 0 Å². The van der Waals surface area contributed by atoms with E-state index in [1.807, 2.05) is 24.3 Å². The predicted molar refractivity (Wildman–Crippen MR) is 77.9 cm³/mol. The van der Waals surface area contributed by atoms with Crippen LogP contribution in [0, 0.1) is 10.1 Å². The Hall–Kier alpha value is -2.81. The van der Waals surface area contributed by atoms with E-state index in [1.165, 1.54) is 0 Å². The number of benzene rings is 1. The molecule has 106 valence electrons. The van der Waals surface area contributed by atoms with Crippen LogP contribution in [0.15, 0.2) is 35.7 Å². The monoisotopic (exact) mass is 302 g/mol. The lowest BCUT2D eigenvalue weighted by Crippen LogP contribution is -1.98. The first kappa shape index (κ1) is 13.2. The van der Waals surface area contributed by atoms with Gasteiger partial charge in [0.25, 0.3) is 0 Å². The molecule has 0 bridgehead atoms. The molecule has 1 aromatic carbocycles. The van der Waals surface area contributed by atoms with E-state index in [0.717, 1.165) is 28.2 Å². The van der Waals surface area contributed by atoms with Gasteiger partial charge in [-0.3, -0.25) is 10.1 Å². The van der Waals surface area contributed by atoms with Gasteiger partial charge in [-0.25, -0.2) is 0 Å². The Morgan fingerprint density at radius 1 is 1.38 bits per heavy atom. The number of anilines is 1. The van der Waals surface area contributed by atoms with Gasteiger partial charge in [-0.2, -0.15) is 5.21 Å². The van der Waals surface area contributed by atoms with Crippen LogP contribution in [0.3, 0.4) is 0 Å². The lowest BCUT2D eigenvalue weighted by Gasteiger charge is -2.05. The minimum atomic E-state index is -0.384. The van der Waals surface area contributed by atoms with Crippen LogP contribution in [0.4, 0.5) is 10.7 Å². The summed E-state index contributed by atoms with van der Waals surface area (Å²) < 4.78 is 0. The largest absolute Gasteiger partial charge is 0.381 e. The highest BCUT2D eigenvalue weighted by Gasteiger charge is 2.09. The van der Waals surface area contributed by atoms with E-state index in [0.29, 0.717) is 12.4 Å². The fourth-order valence-corrected chi connectivity index (χ4v) is 2.54. The molecule has 0 aliphatic heterocycles. The van der Waals surface area contributed by atoms with E-state index in [9.17, 15) is 10.1 Å². The van der Waals surface area contributed by atoms with Crippen molar-refractivity contribution in [3.63, 3.8) is 0 Å². The first-order valence-corrected chi connectivity index (χ1v) is 6.90. The SMILES string of the molecule is O=[N+]([O-])c1cc(CNc2cccc(-c3nn[nH]n3)c2)cs1. The summed E-state index contributed by atoms with van der Waals surface area (Å²) in [7, 11) is 0. The Labute approximate surface area is 123 Å². The highest BCUT2D eigenvalue weighted by Crippen LogP contribution is 2.24. The number of tetrazole rings is 1. The van der Waals surface area contributed by atoms with Crippen LogP contribution in [0.1, 0.15) is 5.56 Å². The number of hydrogen-bond donors (Lipinski definition) is 2. The van der Waals surface area contributed by atoms with Gasteiger partial charge in [-0.15, -0.1) is 10.2 Å². The lowest BCUT2D eigenvalue weighted by molar-refractivity contribution is -0.380. The minimum Gasteiger partial charge on any atom is -0.381 e. The first-order valence-electron chi connectivity index (χ1n) is 6.02. The zero-order valence-electron chi connectivity index (χ0n) is 10.7. The number of nitrogens with zero attached hydrogens (tertiary/aromatic N) is 4. The molecule has 0 saturated heterocycles.